The quantitative estimate of drug-likeness (QED) is 0.804. The fourth-order valence-corrected chi connectivity index (χ4v) is 3.25. The standard InChI is InChI=1S/C14H16N4O4S/c1-9-16-17-13(22-9)8-15-14(19)10-2-6-12(7-3-10)23(20,21)18-11-4-5-11/h2-3,6-7,11,18H,4-5,8H2,1H3,(H,15,19). The molecule has 0 aliphatic heterocycles. The molecule has 1 saturated carbocycles. The van der Waals surface area contributed by atoms with Crippen LogP contribution in [0.1, 0.15) is 35.0 Å². The first-order chi connectivity index (χ1) is 10.9. The van der Waals surface area contributed by atoms with Gasteiger partial charge in [0.1, 0.15) is 0 Å². The first-order valence-corrected chi connectivity index (χ1v) is 8.62. The van der Waals surface area contributed by atoms with E-state index in [1.165, 1.54) is 24.3 Å². The largest absolute Gasteiger partial charge is 0.424 e. The van der Waals surface area contributed by atoms with E-state index in [0.717, 1.165) is 12.8 Å². The smallest absolute Gasteiger partial charge is 0.251 e. The molecular formula is C14H16N4O4S. The van der Waals surface area contributed by atoms with Gasteiger partial charge in [0.05, 0.1) is 11.4 Å². The van der Waals surface area contributed by atoms with Gasteiger partial charge in [-0.2, -0.15) is 0 Å². The third-order valence-corrected chi connectivity index (χ3v) is 4.83. The van der Waals surface area contributed by atoms with Crippen LogP contribution in [0.2, 0.25) is 0 Å². The minimum atomic E-state index is -3.51. The Morgan fingerprint density at radius 1 is 1.26 bits per heavy atom. The Labute approximate surface area is 133 Å². The lowest BCUT2D eigenvalue weighted by Crippen LogP contribution is -2.26. The number of sulfonamides is 1. The van der Waals surface area contributed by atoms with Crippen molar-refractivity contribution in [2.75, 3.05) is 0 Å². The zero-order valence-electron chi connectivity index (χ0n) is 12.4. The maximum absolute atomic E-state index is 12.0. The van der Waals surface area contributed by atoms with Crippen molar-refractivity contribution in [3.8, 4) is 0 Å². The molecule has 1 aliphatic rings. The third-order valence-electron chi connectivity index (χ3n) is 3.29. The SMILES string of the molecule is Cc1nnc(CNC(=O)c2ccc(S(=O)(=O)NC3CC3)cc2)o1. The number of aryl methyl sites for hydroxylation is 1. The molecule has 1 aromatic heterocycles. The number of benzene rings is 1. The lowest BCUT2D eigenvalue weighted by molar-refractivity contribution is 0.0947. The van der Waals surface area contributed by atoms with Gasteiger partial charge in [0.15, 0.2) is 0 Å². The van der Waals surface area contributed by atoms with Gasteiger partial charge in [-0.05, 0) is 37.1 Å². The molecule has 9 heteroatoms. The number of hydrogen-bond acceptors (Lipinski definition) is 6. The Balaban J connectivity index is 1.63. The Kier molecular flexibility index (Phi) is 4.14. The molecule has 1 aromatic carbocycles. The van der Waals surface area contributed by atoms with Gasteiger partial charge in [-0.15, -0.1) is 10.2 Å². The second-order valence-corrected chi connectivity index (χ2v) is 7.03. The summed E-state index contributed by atoms with van der Waals surface area (Å²) in [6.07, 6.45) is 1.74. The molecule has 8 nitrogen and oxygen atoms in total. The number of hydrogen-bond donors (Lipinski definition) is 2. The molecule has 0 radical (unpaired) electrons. The molecule has 1 aliphatic carbocycles. The van der Waals surface area contributed by atoms with Gasteiger partial charge in [-0.3, -0.25) is 4.79 Å². The molecule has 0 bridgehead atoms. The summed E-state index contributed by atoms with van der Waals surface area (Å²) >= 11 is 0. The van der Waals surface area contributed by atoms with E-state index in [-0.39, 0.29) is 23.4 Å². The Morgan fingerprint density at radius 3 is 2.52 bits per heavy atom. The van der Waals surface area contributed by atoms with Crippen LogP contribution in [0.5, 0.6) is 0 Å². The van der Waals surface area contributed by atoms with Crippen LogP contribution in [0.4, 0.5) is 0 Å². The van der Waals surface area contributed by atoms with Gasteiger partial charge >= 0.3 is 0 Å². The minimum absolute atomic E-state index is 0.0424. The van der Waals surface area contributed by atoms with Crippen LogP contribution in [0, 0.1) is 6.92 Å². The molecule has 0 saturated heterocycles. The van der Waals surface area contributed by atoms with E-state index in [2.05, 4.69) is 20.2 Å². The molecule has 122 valence electrons. The van der Waals surface area contributed by atoms with E-state index < -0.39 is 10.0 Å². The molecule has 1 amide bonds. The van der Waals surface area contributed by atoms with Crippen molar-refractivity contribution in [2.45, 2.75) is 37.2 Å². The second-order valence-electron chi connectivity index (χ2n) is 5.32. The highest BCUT2D eigenvalue weighted by Crippen LogP contribution is 2.22. The molecule has 1 fully saturated rings. The first-order valence-electron chi connectivity index (χ1n) is 7.13. The zero-order valence-corrected chi connectivity index (χ0v) is 13.3. The van der Waals surface area contributed by atoms with Crippen molar-refractivity contribution in [1.82, 2.24) is 20.2 Å². The maximum Gasteiger partial charge on any atom is 0.251 e. The van der Waals surface area contributed by atoms with Crippen LogP contribution in [0.3, 0.4) is 0 Å². The predicted molar refractivity (Wildman–Crippen MR) is 80.0 cm³/mol. The fourth-order valence-electron chi connectivity index (χ4n) is 1.94. The molecule has 0 spiro atoms. The summed E-state index contributed by atoms with van der Waals surface area (Å²) < 4.78 is 31.8. The van der Waals surface area contributed by atoms with Crippen LogP contribution >= 0.6 is 0 Å². The van der Waals surface area contributed by atoms with Crippen molar-refractivity contribution in [2.24, 2.45) is 0 Å². The van der Waals surface area contributed by atoms with Crippen LogP contribution in [-0.2, 0) is 16.6 Å². The highest BCUT2D eigenvalue weighted by Gasteiger charge is 2.27. The Morgan fingerprint density at radius 2 is 1.96 bits per heavy atom. The molecule has 0 atom stereocenters. The highest BCUT2D eigenvalue weighted by molar-refractivity contribution is 7.89. The van der Waals surface area contributed by atoms with E-state index in [4.69, 9.17) is 4.42 Å². The highest BCUT2D eigenvalue weighted by atomic mass is 32.2. The lowest BCUT2D eigenvalue weighted by Gasteiger charge is -2.07. The van der Waals surface area contributed by atoms with Crippen LogP contribution < -0.4 is 10.0 Å². The van der Waals surface area contributed by atoms with E-state index in [0.29, 0.717) is 17.3 Å². The monoisotopic (exact) mass is 336 g/mol. The molecular weight excluding hydrogens is 320 g/mol. The summed E-state index contributed by atoms with van der Waals surface area (Å²) in [7, 11) is -3.51. The van der Waals surface area contributed by atoms with E-state index in [9.17, 15) is 13.2 Å². The fraction of sp³-hybridized carbons (Fsp3) is 0.357. The number of aromatic nitrogens is 2. The first kappa shape index (κ1) is 15.6. The molecule has 23 heavy (non-hydrogen) atoms. The van der Waals surface area contributed by atoms with Crippen LogP contribution in [0.15, 0.2) is 33.6 Å². The van der Waals surface area contributed by atoms with Gasteiger partial charge in [0, 0.05) is 18.5 Å². The number of rotatable bonds is 6. The Bertz CT molecular complexity index is 810. The van der Waals surface area contributed by atoms with Crippen molar-refractivity contribution in [3.63, 3.8) is 0 Å². The van der Waals surface area contributed by atoms with Gasteiger partial charge in [0.2, 0.25) is 21.8 Å². The number of nitrogens with zero attached hydrogens (tertiary/aromatic N) is 2. The lowest BCUT2D eigenvalue weighted by atomic mass is 10.2. The topological polar surface area (TPSA) is 114 Å². The maximum atomic E-state index is 12.0. The number of amides is 1. The summed E-state index contributed by atoms with van der Waals surface area (Å²) in [4.78, 5) is 12.2. The third kappa shape index (κ3) is 3.93. The van der Waals surface area contributed by atoms with E-state index in [1.807, 2.05) is 0 Å². The Hall–Kier alpha value is -2.26. The summed E-state index contributed by atoms with van der Waals surface area (Å²) in [5.41, 5.74) is 0.353. The van der Waals surface area contributed by atoms with Crippen LogP contribution in [0.25, 0.3) is 0 Å². The van der Waals surface area contributed by atoms with Gasteiger partial charge < -0.3 is 9.73 Å². The van der Waals surface area contributed by atoms with Crippen molar-refractivity contribution in [1.29, 1.82) is 0 Å². The van der Waals surface area contributed by atoms with Crippen molar-refractivity contribution >= 4 is 15.9 Å². The number of carbonyl (C=O) groups is 1. The van der Waals surface area contributed by atoms with E-state index in [1.54, 1.807) is 6.92 Å². The summed E-state index contributed by atoms with van der Waals surface area (Å²) in [5, 5.41) is 10.1. The zero-order chi connectivity index (χ0) is 16.4. The van der Waals surface area contributed by atoms with E-state index >= 15 is 0 Å². The minimum Gasteiger partial charge on any atom is -0.424 e. The summed E-state index contributed by atoms with van der Waals surface area (Å²) in [5.74, 6) is 0.385. The van der Waals surface area contributed by atoms with Gasteiger partial charge in [-0.1, -0.05) is 0 Å². The summed E-state index contributed by atoms with van der Waals surface area (Å²) in [6, 6.07) is 5.81. The van der Waals surface area contributed by atoms with Crippen molar-refractivity contribution < 1.29 is 17.6 Å². The average molecular weight is 336 g/mol. The average Bonchev–Trinajstić information content (AvgIpc) is 3.23. The molecule has 2 aromatic rings. The summed E-state index contributed by atoms with van der Waals surface area (Å²) in [6.45, 7) is 1.77. The second kappa shape index (κ2) is 6.09. The molecule has 1 heterocycles. The molecule has 2 N–H and O–H groups in total. The normalized spacial score (nSPS) is 14.7. The van der Waals surface area contributed by atoms with Gasteiger partial charge in [-0.25, -0.2) is 13.1 Å². The van der Waals surface area contributed by atoms with Gasteiger partial charge in [0.25, 0.3) is 5.91 Å². The molecule has 3 rings (SSSR count). The number of nitrogens with one attached hydrogen (secondary N) is 2. The molecule has 0 unspecified atom stereocenters. The predicted octanol–water partition coefficient (Wildman–Crippen LogP) is 0.749. The van der Waals surface area contributed by atoms with Crippen molar-refractivity contribution in [3.05, 3.63) is 41.6 Å². The van der Waals surface area contributed by atoms with Crippen LogP contribution in [-0.4, -0.2) is 30.6 Å². The number of carbonyl (C=O) groups excluding carboxylic acids is 1.